The Labute approximate surface area is 194 Å². The van der Waals surface area contributed by atoms with Gasteiger partial charge in [-0.15, -0.1) is 0 Å². The summed E-state index contributed by atoms with van der Waals surface area (Å²) in [5, 5.41) is 2.75. The second-order valence-electron chi connectivity index (χ2n) is 7.61. The second-order valence-corrected chi connectivity index (χ2v) is 9.29. The van der Waals surface area contributed by atoms with Gasteiger partial charge in [0.25, 0.3) is 15.9 Å². The molecule has 0 bridgehead atoms. The van der Waals surface area contributed by atoms with E-state index in [0.29, 0.717) is 29.5 Å². The van der Waals surface area contributed by atoms with Gasteiger partial charge in [-0.1, -0.05) is 17.7 Å². The number of hydrogen-bond acceptors (Lipinski definition) is 5. The summed E-state index contributed by atoms with van der Waals surface area (Å²) >= 11 is 0. The number of nitrogens with one attached hydrogen (secondary N) is 2. The van der Waals surface area contributed by atoms with Gasteiger partial charge in [-0.05, 0) is 87.9 Å². The van der Waals surface area contributed by atoms with Crippen molar-refractivity contribution in [1.82, 2.24) is 0 Å². The zero-order valence-electron chi connectivity index (χ0n) is 19.1. The number of benzene rings is 3. The van der Waals surface area contributed by atoms with Crippen molar-refractivity contribution in [1.29, 1.82) is 0 Å². The van der Waals surface area contributed by atoms with Crippen LogP contribution in [-0.2, 0) is 14.8 Å². The van der Waals surface area contributed by atoms with Crippen molar-refractivity contribution in [3.8, 4) is 11.5 Å². The first-order valence-electron chi connectivity index (χ1n) is 10.6. The molecule has 0 saturated carbocycles. The maximum absolute atomic E-state index is 12.7. The van der Waals surface area contributed by atoms with Crippen molar-refractivity contribution < 1.29 is 22.7 Å². The summed E-state index contributed by atoms with van der Waals surface area (Å²) in [7, 11) is -3.78. The molecule has 3 rings (SSSR count). The van der Waals surface area contributed by atoms with Crippen molar-refractivity contribution in [2.45, 2.75) is 38.7 Å². The molecule has 7 nitrogen and oxygen atoms in total. The molecule has 33 heavy (non-hydrogen) atoms. The molecule has 0 aliphatic rings. The molecule has 2 N–H and O–H groups in total. The van der Waals surface area contributed by atoms with E-state index in [2.05, 4.69) is 10.0 Å². The van der Waals surface area contributed by atoms with Gasteiger partial charge < -0.3 is 14.8 Å². The Kier molecular flexibility index (Phi) is 7.60. The number of hydrogen-bond donors (Lipinski definition) is 2. The van der Waals surface area contributed by atoms with Crippen LogP contribution in [0, 0.1) is 13.8 Å². The third kappa shape index (κ3) is 6.49. The molecular formula is C25H28N2O5S. The van der Waals surface area contributed by atoms with Gasteiger partial charge in [0.05, 0.1) is 11.5 Å². The number of carbonyl (C=O) groups excluding carboxylic acids is 1. The highest BCUT2D eigenvalue weighted by atomic mass is 32.2. The molecule has 0 aromatic heterocycles. The second kappa shape index (κ2) is 10.4. The Morgan fingerprint density at radius 3 is 2.18 bits per heavy atom. The van der Waals surface area contributed by atoms with E-state index in [-0.39, 0.29) is 10.8 Å². The Bertz CT molecular complexity index is 1210. The minimum atomic E-state index is -3.78. The number of anilines is 2. The maximum atomic E-state index is 12.7. The minimum Gasteiger partial charge on any atom is -0.494 e. The number of sulfonamides is 1. The number of ether oxygens (including phenoxy) is 2. The Morgan fingerprint density at radius 2 is 1.58 bits per heavy atom. The van der Waals surface area contributed by atoms with Crippen molar-refractivity contribution in [2.75, 3.05) is 16.6 Å². The van der Waals surface area contributed by atoms with Crippen LogP contribution in [0.3, 0.4) is 0 Å². The van der Waals surface area contributed by atoms with Crippen LogP contribution in [0.4, 0.5) is 11.4 Å². The molecule has 0 saturated heterocycles. The van der Waals surface area contributed by atoms with E-state index in [4.69, 9.17) is 9.47 Å². The molecule has 1 atom stereocenters. The summed E-state index contributed by atoms with van der Waals surface area (Å²) in [5.41, 5.74) is 2.96. The van der Waals surface area contributed by atoms with Crippen LogP contribution in [-0.4, -0.2) is 27.0 Å². The smallest absolute Gasteiger partial charge is 0.265 e. The molecule has 1 unspecified atom stereocenters. The molecule has 3 aromatic carbocycles. The summed E-state index contributed by atoms with van der Waals surface area (Å²) in [6.45, 7) is 7.98. The van der Waals surface area contributed by atoms with Gasteiger partial charge in [0.2, 0.25) is 0 Å². The fraction of sp³-hybridized carbons (Fsp3) is 0.240. The van der Waals surface area contributed by atoms with Crippen molar-refractivity contribution in [2.24, 2.45) is 0 Å². The van der Waals surface area contributed by atoms with Crippen LogP contribution in [0.2, 0.25) is 0 Å². The van der Waals surface area contributed by atoms with Crippen molar-refractivity contribution in [3.63, 3.8) is 0 Å². The highest BCUT2D eigenvalue weighted by Crippen LogP contribution is 2.22. The predicted molar refractivity (Wildman–Crippen MR) is 129 cm³/mol. The number of rotatable bonds is 9. The van der Waals surface area contributed by atoms with Gasteiger partial charge in [-0.25, -0.2) is 8.42 Å². The normalized spacial score (nSPS) is 12.0. The molecule has 1 amide bonds. The fourth-order valence-corrected chi connectivity index (χ4v) is 4.20. The van der Waals surface area contributed by atoms with E-state index < -0.39 is 16.1 Å². The summed E-state index contributed by atoms with van der Waals surface area (Å²) in [5.74, 6) is 0.972. The quantitative estimate of drug-likeness (QED) is 0.465. The largest absolute Gasteiger partial charge is 0.494 e. The Balaban J connectivity index is 1.62. The van der Waals surface area contributed by atoms with Crippen LogP contribution in [0.5, 0.6) is 11.5 Å². The summed E-state index contributed by atoms with van der Waals surface area (Å²) in [6.07, 6.45) is -0.726. The average molecular weight is 469 g/mol. The van der Waals surface area contributed by atoms with Crippen molar-refractivity contribution >= 4 is 27.3 Å². The average Bonchev–Trinajstić information content (AvgIpc) is 2.77. The van der Waals surface area contributed by atoms with Gasteiger partial charge in [-0.2, -0.15) is 0 Å². The number of aryl methyl sites for hydroxylation is 2. The van der Waals surface area contributed by atoms with E-state index in [9.17, 15) is 13.2 Å². The van der Waals surface area contributed by atoms with Crippen LogP contribution in [0.15, 0.2) is 71.6 Å². The third-order valence-corrected chi connectivity index (χ3v) is 6.25. The van der Waals surface area contributed by atoms with Crippen molar-refractivity contribution in [3.05, 3.63) is 77.9 Å². The first kappa shape index (κ1) is 24.1. The van der Waals surface area contributed by atoms with Gasteiger partial charge in [0.15, 0.2) is 6.10 Å². The van der Waals surface area contributed by atoms with E-state index in [1.165, 1.54) is 24.3 Å². The fourth-order valence-electron chi connectivity index (χ4n) is 3.14. The molecule has 3 aromatic rings. The molecule has 174 valence electrons. The monoisotopic (exact) mass is 468 g/mol. The zero-order chi connectivity index (χ0) is 24.0. The lowest BCUT2D eigenvalue weighted by Gasteiger charge is -2.17. The first-order valence-corrected chi connectivity index (χ1v) is 12.1. The highest BCUT2D eigenvalue weighted by molar-refractivity contribution is 7.92. The molecular weight excluding hydrogens is 440 g/mol. The van der Waals surface area contributed by atoms with Crippen LogP contribution >= 0.6 is 0 Å². The molecule has 0 aliphatic heterocycles. The summed E-state index contributed by atoms with van der Waals surface area (Å²) in [4.78, 5) is 12.6. The summed E-state index contributed by atoms with van der Waals surface area (Å²) in [6, 6.07) is 18.3. The van der Waals surface area contributed by atoms with E-state index >= 15 is 0 Å². The lowest BCUT2D eigenvalue weighted by atomic mass is 10.1. The van der Waals surface area contributed by atoms with Gasteiger partial charge in [0, 0.05) is 11.4 Å². The topological polar surface area (TPSA) is 93.7 Å². The Hall–Kier alpha value is -3.52. The minimum absolute atomic E-state index is 0.0777. The zero-order valence-corrected chi connectivity index (χ0v) is 19.9. The lowest BCUT2D eigenvalue weighted by molar-refractivity contribution is -0.122. The van der Waals surface area contributed by atoms with Crippen LogP contribution < -0.4 is 19.5 Å². The van der Waals surface area contributed by atoms with Gasteiger partial charge in [-0.3, -0.25) is 9.52 Å². The molecule has 0 spiro atoms. The number of carbonyl (C=O) groups is 1. The molecule has 0 aliphatic carbocycles. The van der Waals surface area contributed by atoms with Gasteiger partial charge in [0.1, 0.15) is 11.5 Å². The molecule has 0 fully saturated rings. The maximum Gasteiger partial charge on any atom is 0.265 e. The first-order chi connectivity index (χ1) is 15.7. The predicted octanol–water partition coefficient (Wildman–Crippen LogP) is 4.91. The third-order valence-electron chi connectivity index (χ3n) is 4.85. The highest BCUT2D eigenvalue weighted by Gasteiger charge is 2.18. The van der Waals surface area contributed by atoms with Gasteiger partial charge >= 0.3 is 0 Å². The van der Waals surface area contributed by atoms with E-state index in [1.54, 1.807) is 31.2 Å². The Morgan fingerprint density at radius 1 is 0.939 bits per heavy atom. The lowest BCUT2D eigenvalue weighted by Crippen LogP contribution is -2.30. The number of amides is 1. The summed E-state index contributed by atoms with van der Waals surface area (Å²) < 4.78 is 39.0. The van der Waals surface area contributed by atoms with Crippen LogP contribution in [0.25, 0.3) is 0 Å². The van der Waals surface area contributed by atoms with E-state index in [0.717, 1.165) is 11.1 Å². The standard InChI is InChI=1S/C25H28N2O5S/c1-5-31-22-11-7-21(8-12-22)27-33(29,30)23-13-9-20(10-14-23)26-25(28)19(4)32-24-15-6-17(2)16-18(24)3/h6-16,19,27H,5H2,1-4H3,(H,26,28). The molecule has 0 radical (unpaired) electrons. The molecule has 8 heteroatoms. The van der Waals surface area contributed by atoms with E-state index in [1.807, 2.05) is 39.0 Å². The van der Waals surface area contributed by atoms with Crippen LogP contribution in [0.1, 0.15) is 25.0 Å². The SMILES string of the molecule is CCOc1ccc(NS(=O)(=O)c2ccc(NC(=O)C(C)Oc3ccc(C)cc3C)cc2)cc1. The molecule has 0 heterocycles.